The first-order valence-corrected chi connectivity index (χ1v) is 7.36. The topological polar surface area (TPSA) is 64.6 Å². The first kappa shape index (κ1) is 17.3. The van der Waals surface area contributed by atoms with Gasteiger partial charge in [0.1, 0.15) is 12.4 Å². The van der Waals surface area contributed by atoms with Crippen molar-refractivity contribution in [1.82, 2.24) is 0 Å². The number of esters is 1. The number of hydrogen-bond acceptors (Lipinski definition) is 4. The van der Waals surface area contributed by atoms with Crippen molar-refractivity contribution in [2.45, 2.75) is 6.92 Å². The molecule has 0 aromatic heterocycles. The Hall–Kier alpha value is -3.08. The van der Waals surface area contributed by atoms with Crippen LogP contribution in [0.5, 0.6) is 5.75 Å². The van der Waals surface area contributed by atoms with Crippen molar-refractivity contribution in [3.8, 4) is 5.75 Å². The maximum absolute atomic E-state index is 12.3. The molecule has 0 radical (unpaired) electrons. The number of amides is 1. The summed E-state index contributed by atoms with van der Waals surface area (Å²) in [5.41, 5.74) is 2.37. The maximum Gasteiger partial charge on any atom is 0.337 e. The molecule has 5 heteroatoms. The SMILES string of the molecule is C=C(C)COc1cccc(NC(=O)c2ccc(C(=O)OC)cc2)c1. The van der Waals surface area contributed by atoms with Crippen LogP contribution in [0.2, 0.25) is 0 Å². The van der Waals surface area contributed by atoms with Gasteiger partial charge in [-0.05, 0) is 48.9 Å². The summed E-state index contributed by atoms with van der Waals surface area (Å²) in [5.74, 6) is -0.0652. The summed E-state index contributed by atoms with van der Waals surface area (Å²) in [6.45, 7) is 6.08. The van der Waals surface area contributed by atoms with Gasteiger partial charge in [0.25, 0.3) is 5.91 Å². The van der Waals surface area contributed by atoms with Crippen molar-refractivity contribution in [1.29, 1.82) is 0 Å². The lowest BCUT2D eigenvalue weighted by atomic mass is 10.1. The summed E-state index contributed by atoms with van der Waals surface area (Å²) in [5, 5.41) is 2.79. The summed E-state index contributed by atoms with van der Waals surface area (Å²) < 4.78 is 10.2. The molecule has 1 amide bonds. The fourth-order valence-electron chi connectivity index (χ4n) is 1.95. The third kappa shape index (κ3) is 4.71. The average molecular weight is 325 g/mol. The molecule has 0 aliphatic carbocycles. The molecule has 5 nitrogen and oxygen atoms in total. The summed E-state index contributed by atoms with van der Waals surface area (Å²) in [4.78, 5) is 23.6. The van der Waals surface area contributed by atoms with Crippen LogP contribution in [0.15, 0.2) is 60.7 Å². The van der Waals surface area contributed by atoms with Gasteiger partial charge in [0.05, 0.1) is 12.7 Å². The summed E-state index contributed by atoms with van der Waals surface area (Å²) >= 11 is 0. The Morgan fingerprint density at radius 3 is 2.38 bits per heavy atom. The molecule has 0 spiro atoms. The number of ether oxygens (including phenoxy) is 2. The van der Waals surface area contributed by atoms with E-state index in [1.54, 1.807) is 42.5 Å². The van der Waals surface area contributed by atoms with Crippen LogP contribution in [0.3, 0.4) is 0 Å². The highest BCUT2D eigenvalue weighted by Crippen LogP contribution is 2.19. The average Bonchev–Trinajstić information content (AvgIpc) is 2.59. The second kappa shape index (κ2) is 7.97. The zero-order valence-corrected chi connectivity index (χ0v) is 13.7. The molecule has 0 saturated heterocycles. The van der Waals surface area contributed by atoms with Crippen molar-refractivity contribution in [2.24, 2.45) is 0 Å². The minimum Gasteiger partial charge on any atom is -0.489 e. The zero-order valence-electron chi connectivity index (χ0n) is 13.7. The Morgan fingerprint density at radius 1 is 1.08 bits per heavy atom. The van der Waals surface area contributed by atoms with Crippen LogP contribution in [-0.4, -0.2) is 25.6 Å². The molecule has 2 aromatic carbocycles. The van der Waals surface area contributed by atoms with E-state index in [0.29, 0.717) is 29.2 Å². The molecule has 0 unspecified atom stereocenters. The highest BCUT2D eigenvalue weighted by molar-refractivity contribution is 6.04. The molecule has 0 bridgehead atoms. The van der Waals surface area contributed by atoms with E-state index in [-0.39, 0.29) is 5.91 Å². The maximum atomic E-state index is 12.3. The molecular formula is C19H19NO4. The van der Waals surface area contributed by atoms with E-state index in [0.717, 1.165) is 5.57 Å². The van der Waals surface area contributed by atoms with Crippen LogP contribution in [-0.2, 0) is 4.74 Å². The van der Waals surface area contributed by atoms with Gasteiger partial charge in [0.15, 0.2) is 0 Å². The van der Waals surface area contributed by atoms with E-state index in [9.17, 15) is 9.59 Å². The number of methoxy groups -OCH3 is 1. The number of rotatable bonds is 6. The van der Waals surface area contributed by atoms with Gasteiger partial charge in [-0.1, -0.05) is 12.6 Å². The predicted molar refractivity (Wildman–Crippen MR) is 92.5 cm³/mol. The number of carbonyl (C=O) groups is 2. The third-order valence-corrected chi connectivity index (χ3v) is 3.15. The third-order valence-electron chi connectivity index (χ3n) is 3.15. The fourth-order valence-corrected chi connectivity index (χ4v) is 1.95. The van der Waals surface area contributed by atoms with Gasteiger partial charge in [0.2, 0.25) is 0 Å². The highest BCUT2D eigenvalue weighted by atomic mass is 16.5. The van der Waals surface area contributed by atoms with E-state index in [1.807, 2.05) is 13.0 Å². The minimum atomic E-state index is -0.440. The number of hydrogen-bond donors (Lipinski definition) is 1. The summed E-state index contributed by atoms with van der Waals surface area (Å²) in [6, 6.07) is 13.4. The summed E-state index contributed by atoms with van der Waals surface area (Å²) in [6.07, 6.45) is 0. The number of carbonyl (C=O) groups excluding carboxylic acids is 2. The van der Waals surface area contributed by atoms with E-state index in [4.69, 9.17) is 4.74 Å². The molecule has 0 aliphatic rings. The largest absolute Gasteiger partial charge is 0.489 e. The molecule has 1 N–H and O–H groups in total. The smallest absolute Gasteiger partial charge is 0.337 e. The normalized spacial score (nSPS) is 9.92. The standard InChI is InChI=1S/C19H19NO4/c1-13(2)12-24-17-6-4-5-16(11-17)20-18(21)14-7-9-15(10-8-14)19(22)23-3/h4-11H,1,12H2,2-3H3,(H,20,21). The monoisotopic (exact) mass is 325 g/mol. The molecule has 2 aromatic rings. The van der Waals surface area contributed by atoms with E-state index in [1.165, 1.54) is 7.11 Å². The Kier molecular flexibility index (Phi) is 5.73. The van der Waals surface area contributed by atoms with Crippen LogP contribution in [0.4, 0.5) is 5.69 Å². The fraction of sp³-hybridized carbons (Fsp3) is 0.158. The predicted octanol–water partition coefficient (Wildman–Crippen LogP) is 3.68. The first-order valence-electron chi connectivity index (χ1n) is 7.36. The van der Waals surface area contributed by atoms with Gasteiger partial charge in [0, 0.05) is 17.3 Å². The number of nitrogens with one attached hydrogen (secondary N) is 1. The Bertz CT molecular complexity index is 750. The zero-order chi connectivity index (χ0) is 17.5. The Labute approximate surface area is 140 Å². The molecule has 124 valence electrons. The summed E-state index contributed by atoms with van der Waals surface area (Å²) in [7, 11) is 1.31. The van der Waals surface area contributed by atoms with Crippen LogP contribution in [0, 0.1) is 0 Å². The van der Waals surface area contributed by atoms with Crippen molar-refractivity contribution < 1.29 is 19.1 Å². The van der Waals surface area contributed by atoms with Crippen molar-refractivity contribution >= 4 is 17.6 Å². The van der Waals surface area contributed by atoms with Crippen LogP contribution >= 0.6 is 0 Å². The van der Waals surface area contributed by atoms with Gasteiger partial charge in [-0.25, -0.2) is 4.79 Å². The molecule has 2 rings (SSSR count). The molecule has 24 heavy (non-hydrogen) atoms. The molecule has 0 atom stereocenters. The van der Waals surface area contributed by atoms with Crippen LogP contribution in [0.25, 0.3) is 0 Å². The van der Waals surface area contributed by atoms with Gasteiger partial charge >= 0.3 is 5.97 Å². The van der Waals surface area contributed by atoms with Crippen molar-refractivity contribution in [3.05, 3.63) is 71.8 Å². The molecule has 0 aliphatic heterocycles. The first-order chi connectivity index (χ1) is 11.5. The van der Waals surface area contributed by atoms with Gasteiger partial charge in [-0.15, -0.1) is 0 Å². The lowest BCUT2D eigenvalue weighted by molar-refractivity contribution is 0.0600. The van der Waals surface area contributed by atoms with E-state index < -0.39 is 5.97 Å². The molecular weight excluding hydrogens is 306 g/mol. The minimum absolute atomic E-state index is 0.275. The number of anilines is 1. The van der Waals surface area contributed by atoms with Crippen LogP contribution in [0.1, 0.15) is 27.6 Å². The van der Waals surface area contributed by atoms with E-state index in [2.05, 4.69) is 16.6 Å². The molecule has 0 heterocycles. The van der Waals surface area contributed by atoms with Gasteiger partial charge in [-0.3, -0.25) is 4.79 Å². The highest BCUT2D eigenvalue weighted by Gasteiger charge is 2.09. The van der Waals surface area contributed by atoms with Gasteiger partial charge < -0.3 is 14.8 Å². The molecule has 0 saturated carbocycles. The van der Waals surface area contributed by atoms with Crippen molar-refractivity contribution in [2.75, 3.05) is 19.0 Å². The quantitative estimate of drug-likeness (QED) is 0.650. The lowest BCUT2D eigenvalue weighted by Gasteiger charge is -2.09. The lowest BCUT2D eigenvalue weighted by Crippen LogP contribution is -2.12. The molecule has 0 fully saturated rings. The number of benzene rings is 2. The van der Waals surface area contributed by atoms with E-state index >= 15 is 0 Å². The van der Waals surface area contributed by atoms with Gasteiger partial charge in [-0.2, -0.15) is 0 Å². The Balaban J connectivity index is 2.05. The Morgan fingerprint density at radius 2 is 1.75 bits per heavy atom. The van der Waals surface area contributed by atoms with Crippen molar-refractivity contribution in [3.63, 3.8) is 0 Å². The van der Waals surface area contributed by atoms with Crippen LogP contribution < -0.4 is 10.1 Å². The second-order valence-corrected chi connectivity index (χ2v) is 5.30. The second-order valence-electron chi connectivity index (χ2n) is 5.30.